The Balaban J connectivity index is 0.000001000. The molecule has 0 aliphatic rings. The van der Waals surface area contributed by atoms with Gasteiger partial charge in [-0.3, -0.25) is 0 Å². The zero-order valence-electron chi connectivity index (χ0n) is 4.94. The van der Waals surface area contributed by atoms with Crippen LogP contribution in [0.5, 0.6) is 0 Å². The maximum absolute atomic E-state index is 6.50. The lowest BCUT2D eigenvalue weighted by atomic mass is 10.8. The molecule has 7 nitrogen and oxygen atoms in total. The van der Waals surface area contributed by atoms with E-state index < -0.39 is 0 Å². The van der Waals surface area contributed by atoms with Crippen LogP contribution in [0.3, 0.4) is 0 Å². The Morgan fingerprint density at radius 3 is 1.91 bits per heavy atom. The molecule has 1 rings (SSSR count). The molecule has 60 valence electrons. The van der Waals surface area contributed by atoms with Crippen molar-refractivity contribution in [2.75, 3.05) is 11.5 Å². The van der Waals surface area contributed by atoms with Crippen LogP contribution in [0.15, 0.2) is 5.11 Å². The van der Waals surface area contributed by atoms with Gasteiger partial charge in [0.25, 0.3) is 5.95 Å². The molecule has 0 amide bonds. The molecule has 1 aromatic rings. The fourth-order valence-electron chi connectivity index (χ4n) is 0.447. The van der Waals surface area contributed by atoms with Crippen LogP contribution in [-0.4, -0.2) is 15.0 Å². The minimum atomic E-state index is -0.0787. The molecule has 0 aromatic carbocycles. The van der Waals surface area contributed by atoms with E-state index in [9.17, 15) is 0 Å². The van der Waals surface area contributed by atoms with E-state index in [2.05, 4.69) is 20.1 Å². The Labute approximate surface area is 63.4 Å². The van der Waals surface area contributed by atoms with Crippen LogP contribution in [-0.2, 0) is 0 Å². The fraction of sp³-hybridized carbons (Fsp3) is 0.250. The van der Waals surface area contributed by atoms with Gasteiger partial charge in [0.05, 0.1) is 0 Å². The van der Waals surface area contributed by atoms with E-state index >= 15 is 0 Å². The van der Waals surface area contributed by atoms with Crippen LogP contribution >= 0.6 is 0 Å². The predicted molar refractivity (Wildman–Crippen MR) is 40.2 cm³/mol. The predicted octanol–water partition coefficient (Wildman–Crippen LogP) is 0.335. The van der Waals surface area contributed by atoms with Crippen molar-refractivity contribution in [1.82, 2.24) is 15.0 Å². The van der Waals surface area contributed by atoms with Gasteiger partial charge >= 0.3 is 0 Å². The summed E-state index contributed by atoms with van der Waals surface area (Å²) >= 11 is 0. The Hall–Kier alpha value is -1.79. The summed E-state index contributed by atoms with van der Waals surface area (Å²) in [6.45, 7) is 0. The number of rotatable bonds is 1. The Bertz CT molecular complexity index is 236. The van der Waals surface area contributed by atoms with E-state index in [1.807, 2.05) is 0 Å². The highest BCUT2D eigenvalue weighted by molar-refractivity contribution is 5.32. The van der Waals surface area contributed by atoms with E-state index in [0.717, 1.165) is 0 Å². The topological polar surface area (TPSA) is 127 Å². The molecule has 0 spiro atoms. The highest BCUT2D eigenvalue weighted by Gasteiger charge is 1.97. The summed E-state index contributed by atoms with van der Waals surface area (Å²) in [5, 5.41) is 2.92. The van der Waals surface area contributed by atoms with Crippen molar-refractivity contribution in [3.8, 4) is 0 Å². The number of nitrogen functional groups attached to an aromatic ring is 2. The second-order valence-electron chi connectivity index (χ2n) is 1.46. The van der Waals surface area contributed by atoms with Crippen LogP contribution in [0.4, 0.5) is 17.8 Å². The molecule has 0 aliphatic heterocycles. The number of hydrogen-bond acceptors (Lipinski definition) is 7. The number of nitrogens with one attached hydrogen (secondary N) is 1. The maximum atomic E-state index is 6.50. The van der Waals surface area contributed by atoms with Gasteiger partial charge < -0.3 is 11.5 Å². The zero-order chi connectivity index (χ0) is 7.56. The van der Waals surface area contributed by atoms with Gasteiger partial charge in [-0.25, -0.2) is 5.53 Å². The smallest absolute Gasteiger partial charge is 0.274 e. The van der Waals surface area contributed by atoms with Gasteiger partial charge in [0.2, 0.25) is 11.9 Å². The van der Waals surface area contributed by atoms with Gasteiger partial charge in [-0.05, 0) is 0 Å². The Morgan fingerprint density at radius 1 is 1.09 bits per heavy atom. The van der Waals surface area contributed by atoms with Gasteiger partial charge in [-0.15, -0.1) is 5.11 Å². The Kier molecular flexibility index (Phi) is 2.84. The molecular weight excluding hydrogens is 146 g/mol. The lowest BCUT2D eigenvalue weighted by molar-refractivity contribution is 0.994. The summed E-state index contributed by atoms with van der Waals surface area (Å²) in [5.74, 6) is -0.137. The van der Waals surface area contributed by atoms with Gasteiger partial charge in [-0.2, -0.15) is 15.0 Å². The normalized spacial score (nSPS) is 8.36. The van der Waals surface area contributed by atoms with Crippen molar-refractivity contribution in [3.63, 3.8) is 0 Å². The fourth-order valence-corrected chi connectivity index (χ4v) is 0.447. The molecule has 0 saturated carbocycles. The average Bonchev–Trinajstić information content (AvgIpc) is 1.85. The third-order valence-electron chi connectivity index (χ3n) is 0.758. The highest BCUT2D eigenvalue weighted by Crippen LogP contribution is 2.05. The molecular formula is C4H9N7. The van der Waals surface area contributed by atoms with Gasteiger partial charge in [-0.1, -0.05) is 7.43 Å². The molecule has 0 aliphatic carbocycles. The standard InChI is InChI=1S/C3H5N7.CH4/c4-1-7-2(5)9-3(8-1)10-6;/h6H,(H4,4,5,7,8,9);1H4. The molecule has 0 unspecified atom stereocenters. The van der Waals surface area contributed by atoms with Gasteiger partial charge in [0.1, 0.15) is 0 Å². The van der Waals surface area contributed by atoms with E-state index in [1.165, 1.54) is 0 Å². The van der Waals surface area contributed by atoms with Crippen molar-refractivity contribution in [3.05, 3.63) is 0 Å². The highest BCUT2D eigenvalue weighted by atomic mass is 15.2. The summed E-state index contributed by atoms with van der Waals surface area (Å²) in [7, 11) is 0. The summed E-state index contributed by atoms with van der Waals surface area (Å²) < 4.78 is 0. The number of anilines is 2. The quantitative estimate of drug-likeness (QED) is 0.503. The lowest BCUT2D eigenvalue weighted by Gasteiger charge is -1.93. The minimum absolute atomic E-state index is 0. The monoisotopic (exact) mass is 155 g/mol. The second kappa shape index (κ2) is 3.40. The van der Waals surface area contributed by atoms with Crippen LogP contribution in [0.1, 0.15) is 7.43 Å². The first kappa shape index (κ1) is 9.21. The number of aromatic nitrogens is 3. The number of nitrogens with zero attached hydrogens (tertiary/aromatic N) is 4. The molecule has 0 atom stereocenters. The first-order valence-corrected chi connectivity index (χ1v) is 2.37. The maximum Gasteiger partial charge on any atom is 0.274 e. The van der Waals surface area contributed by atoms with Crippen molar-refractivity contribution in [2.45, 2.75) is 7.43 Å². The first-order valence-electron chi connectivity index (χ1n) is 2.37. The Morgan fingerprint density at radius 2 is 1.55 bits per heavy atom. The summed E-state index contributed by atoms with van der Waals surface area (Å²) in [5.41, 5.74) is 16.8. The van der Waals surface area contributed by atoms with Crippen LogP contribution in [0, 0.1) is 5.53 Å². The van der Waals surface area contributed by atoms with E-state index in [0.29, 0.717) is 0 Å². The second-order valence-corrected chi connectivity index (χ2v) is 1.46. The molecule has 0 saturated heterocycles. The molecule has 0 fully saturated rings. The summed E-state index contributed by atoms with van der Waals surface area (Å²) in [6, 6.07) is 0. The average molecular weight is 155 g/mol. The van der Waals surface area contributed by atoms with Crippen molar-refractivity contribution < 1.29 is 0 Å². The molecule has 5 N–H and O–H groups in total. The largest absolute Gasteiger partial charge is 0.368 e. The van der Waals surface area contributed by atoms with Crippen molar-refractivity contribution in [2.24, 2.45) is 5.11 Å². The molecule has 11 heavy (non-hydrogen) atoms. The summed E-state index contributed by atoms with van der Waals surface area (Å²) in [4.78, 5) is 10.4. The third-order valence-corrected chi connectivity index (χ3v) is 0.758. The molecule has 0 radical (unpaired) electrons. The van der Waals surface area contributed by atoms with Gasteiger partial charge in [0.15, 0.2) is 0 Å². The van der Waals surface area contributed by atoms with E-state index in [-0.39, 0.29) is 25.3 Å². The minimum Gasteiger partial charge on any atom is -0.368 e. The molecule has 0 bridgehead atoms. The zero-order valence-corrected chi connectivity index (χ0v) is 4.94. The number of nitrogens with two attached hydrogens (primary N) is 2. The SMILES string of the molecule is C.N=Nc1nc(N)nc(N)n1. The van der Waals surface area contributed by atoms with Crippen molar-refractivity contribution >= 4 is 17.8 Å². The van der Waals surface area contributed by atoms with Crippen LogP contribution < -0.4 is 11.5 Å². The lowest BCUT2D eigenvalue weighted by Crippen LogP contribution is -2.01. The van der Waals surface area contributed by atoms with Gasteiger partial charge in [0, 0.05) is 0 Å². The molecule has 7 heteroatoms. The number of hydrogen-bond donors (Lipinski definition) is 3. The van der Waals surface area contributed by atoms with Crippen LogP contribution in [0.2, 0.25) is 0 Å². The van der Waals surface area contributed by atoms with Crippen molar-refractivity contribution in [1.29, 1.82) is 5.53 Å². The third kappa shape index (κ3) is 2.12. The summed E-state index contributed by atoms with van der Waals surface area (Å²) in [6.07, 6.45) is 0. The first-order chi connectivity index (χ1) is 4.72. The van der Waals surface area contributed by atoms with E-state index in [4.69, 9.17) is 17.0 Å². The molecule has 1 aromatic heterocycles. The molecule has 1 heterocycles. The van der Waals surface area contributed by atoms with E-state index in [1.54, 1.807) is 0 Å². The van der Waals surface area contributed by atoms with Crippen LogP contribution in [0.25, 0.3) is 0 Å².